The molecule has 1 aromatic carbocycles. The number of carboxylic acid groups (broad SMARTS) is 1. The van der Waals surface area contributed by atoms with Crippen LogP contribution in [0.15, 0.2) is 64.8 Å². The van der Waals surface area contributed by atoms with Crippen LogP contribution in [-0.4, -0.2) is 21.0 Å². The Bertz CT molecular complexity index is 1340. The highest BCUT2D eigenvalue weighted by Gasteiger charge is 2.21. The predicted molar refractivity (Wildman–Crippen MR) is 114 cm³/mol. The number of nitro groups is 1. The van der Waals surface area contributed by atoms with Crippen molar-refractivity contribution in [1.29, 1.82) is 5.26 Å². The van der Waals surface area contributed by atoms with Gasteiger partial charge in [-0.3, -0.25) is 10.1 Å². The standard InChI is InChI=1S/C22H13N3O6S/c23-10-17-16(14-5-6-30-11-14)9-18(20-2-1-7-32-20)24-21(17)31-12-15-4-3-13(22(26)27)8-19(15)25(28)29/h1-9,11H,12H2,(H,26,27). The van der Waals surface area contributed by atoms with Crippen LogP contribution in [0.1, 0.15) is 21.5 Å². The molecule has 32 heavy (non-hydrogen) atoms. The molecule has 0 amide bonds. The molecule has 4 aromatic rings. The predicted octanol–water partition coefficient (Wildman–Crippen LogP) is 5.13. The van der Waals surface area contributed by atoms with E-state index < -0.39 is 16.6 Å². The molecule has 9 nitrogen and oxygen atoms in total. The third kappa shape index (κ3) is 4.05. The molecule has 0 spiro atoms. The van der Waals surface area contributed by atoms with Gasteiger partial charge in [-0.2, -0.15) is 5.26 Å². The van der Waals surface area contributed by atoms with Crippen molar-refractivity contribution >= 4 is 23.0 Å². The van der Waals surface area contributed by atoms with Crippen LogP contribution in [0.5, 0.6) is 5.88 Å². The van der Waals surface area contributed by atoms with Gasteiger partial charge in [0, 0.05) is 17.2 Å². The van der Waals surface area contributed by atoms with Crippen LogP contribution < -0.4 is 4.74 Å². The van der Waals surface area contributed by atoms with Crippen LogP contribution in [0.3, 0.4) is 0 Å². The Morgan fingerprint density at radius 3 is 2.78 bits per heavy atom. The SMILES string of the molecule is N#Cc1c(-c2ccoc2)cc(-c2cccs2)nc1OCc1ccc(C(=O)O)cc1[N+](=O)[O-]. The number of thiophene rings is 1. The molecule has 3 aromatic heterocycles. The number of carbonyl (C=O) groups is 1. The van der Waals surface area contributed by atoms with Gasteiger partial charge in [0.1, 0.15) is 18.2 Å². The van der Waals surface area contributed by atoms with Gasteiger partial charge >= 0.3 is 5.97 Å². The van der Waals surface area contributed by atoms with E-state index in [1.807, 2.05) is 17.5 Å². The van der Waals surface area contributed by atoms with Crippen molar-refractivity contribution in [3.05, 3.63) is 87.2 Å². The molecule has 0 atom stereocenters. The lowest BCUT2D eigenvalue weighted by Gasteiger charge is -2.12. The Labute approximate surface area is 184 Å². The van der Waals surface area contributed by atoms with Gasteiger partial charge in [0.25, 0.3) is 5.69 Å². The van der Waals surface area contributed by atoms with E-state index in [2.05, 4.69) is 11.1 Å². The summed E-state index contributed by atoms with van der Waals surface area (Å²) in [6, 6.07) is 12.8. The highest BCUT2D eigenvalue weighted by molar-refractivity contribution is 7.13. The Balaban J connectivity index is 1.76. The fraction of sp³-hybridized carbons (Fsp3) is 0.0455. The van der Waals surface area contributed by atoms with E-state index in [-0.39, 0.29) is 29.2 Å². The largest absolute Gasteiger partial charge is 0.478 e. The van der Waals surface area contributed by atoms with Crippen LogP contribution in [0, 0.1) is 21.4 Å². The van der Waals surface area contributed by atoms with Crippen molar-refractivity contribution in [3.63, 3.8) is 0 Å². The third-order valence-electron chi connectivity index (χ3n) is 4.60. The minimum Gasteiger partial charge on any atom is -0.478 e. The van der Waals surface area contributed by atoms with Crippen molar-refractivity contribution in [3.8, 4) is 33.6 Å². The maximum Gasteiger partial charge on any atom is 0.335 e. The monoisotopic (exact) mass is 447 g/mol. The average molecular weight is 447 g/mol. The maximum absolute atomic E-state index is 11.4. The van der Waals surface area contributed by atoms with E-state index in [1.165, 1.54) is 36.0 Å². The van der Waals surface area contributed by atoms with Crippen molar-refractivity contribution in [1.82, 2.24) is 4.98 Å². The summed E-state index contributed by atoms with van der Waals surface area (Å²) in [5.74, 6) is -1.27. The van der Waals surface area contributed by atoms with Crippen LogP contribution in [0.4, 0.5) is 5.69 Å². The van der Waals surface area contributed by atoms with Crippen molar-refractivity contribution < 1.29 is 24.0 Å². The highest BCUT2D eigenvalue weighted by Crippen LogP contribution is 2.35. The van der Waals surface area contributed by atoms with E-state index >= 15 is 0 Å². The van der Waals surface area contributed by atoms with Gasteiger partial charge in [0.15, 0.2) is 0 Å². The molecule has 0 aliphatic rings. The smallest absolute Gasteiger partial charge is 0.335 e. The number of furan rings is 1. The van der Waals surface area contributed by atoms with E-state index in [0.717, 1.165) is 10.9 Å². The topological polar surface area (TPSA) is 139 Å². The molecule has 0 aliphatic heterocycles. The number of pyridine rings is 1. The lowest BCUT2D eigenvalue weighted by atomic mass is 10.0. The highest BCUT2D eigenvalue weighted by atomic mass is 32.1. The molecule has 4 rings (SSSR count). The van der Waals surface area contributed by atoms with E-state index in [9.17, 15) is 20.2 Å². The summed E-state index contributed by atoms with van der Waals surface area (Å²) in [7, 11) is 0. The number of carboxylic acids is 1. The molecule has 158 valence electrons. The fourth-order valence-corrected chi connectivity index (χ4v) is 3.75. The summed E-state index contributed by atoms with van der Waals surface area (Å²) in [6.45, 7) is -0.281. The molecule has 3 heterocycles. The Kier molecular flexibility index (Phi) is 5.65. The van der Waals surface area contributed by atoms with Crippen LogP contribution in [0.2, 0.25) is 0 Å². The van der Waals surface area contributed by atoms with Crippen molar-refractivity contribution in [2.45, 2.75) is 6.61 Å². The lowest BCUT2D eigenvalue weighted by Crippen LogP contribution is -2.06. The molecule has 0 radical (unpaired) electrons. The number of nitrogens with zero attached hydrogens (tertiary/aromatic N) is 3. The molecule has 0 bridgehead atoms. The molecule has 0 saturated carbocycles. The summed E-state index contributed by atoms with van der Waals surface area (Å²) in [6.07, 6.45) is 2.98. The molecule has 0 unspecified atom stereocenters. The van der Waals surface area contributed by atoms with E-state index in [0.29, 0.717) is 16.8 Å². The van der Waals surface area contributed by atoms with Crippen molar-refractivity contribution in [2.24, 2.45) is 0 Å². The first-order valence-corrected chi connectivity index (χ1v) is 10.0. The number of nitro benzene ring substituents is 1. The zero-order valence-corrected chi connectivity index (χ0v) is 17.0. The zero-order valence-electron chi connectivity index (χ0n) is 16.2. The number of ether oxygens (including phenoxy) is 1. The van der Waals surface area contributed by atoms with Gasteiger partial charge in [-0.05, 0) is 35.7 Å². The molecular formula is C22H13N3O6S. The van der Waals surface area contributed by atoms with E-state index in [4.69, 9.17) is 14.3 Å². The first-order chi connectivity index (χ1) is 15.5. The molecular weight excluding hydrogens is 434 g/mol. The third-order valence-corrected chi connectivity index (χ3v) is 5.49. The number of aromatic carboxylic acids is 1. The second-order valence-corrected chi connectivity index (χ2v) is 7.48. The molecule has 1 N–H and O–H groups in total. The summed E-state index contributed by atoms with van der Waals surface area (Å²) < 4.78 is 10.9. The Morgan fingerprint density at radius 1 is 1.31 bits per heavy atom. The van der Waals surface area contributed by atoms with Crippen LogP contribution >= 0.6 is 11.3 Å². The quantitative estimate of drug-likeness (QED) is 0.304. The van der Waals surface area contributed by atoms with Gasteiger partial charge in [0.05, 0.1) is 39.1 Å². The first kappa shape index (κ1) is 20.8. The zero-order chi connectivity index (χ0) is 22.7. The Morgan fingerprint density at radius 2 is 2.16 bits per heavy atom. The number of hydrogen-bond acceptors (Lipinski definition) is 8. The second kappa shape index (κ2) is 8.71. The van der Waals surface area contributed by atoms with E-state index in [1.54, 1.807) is 12.1 Å². The normalized spacial score (nSPS) is 10.5. The van der Waals surface area contributed by atoms with Gasteiger partial charge < -0.3 is 14.3 Å². The van der Waals surface area contributed by atoms with Gasteiger partial charge in [-0.25, -0.2) is 9.78 Å². The summed E-state index contributed by atoms with van der Waals surface area (Å²) in [5.41, 5.74) is 1.47. The summed E-state index contributed by atoms with van der Waals surface area (Å²) >= 11 is 1.46. The summed E-state index contributed by atoms with van der Waals surface area (Å²) in [5, 5.41) is 32.2. The number of benzene rings is 1. The number of hydrogen-bond donors (Lipinski definition) is 1. The van der Waals surface area contributed by atoms with Crippen molar-refractivity contribution in [2.75, 3.05) is 0 Å². The second-order valence-electron chi connectivity index (χ2n) is 6.53. The molecule has 0 aliphatic carbocycles. The number of rotatable bonds is 7. The summed E-state index contributed by atoms with van der Waals surface area (Å²) in [4.78, 5) is 27.2. The van der Waals surface area contributed by atoms with Gasteiger partial charge in [0.2, 0.25) is 5.88 Å². The minimum absolute atomic E-state index is 0.00575. The number of aromatic nitrogens is 1. The Hall–Kier alpha value is -4.49. The minimum atomic E-state index is -1.28. The molecule has 0 fully saturated rings. The average Bonchev–Trinajstić information content (AvgIpc) is 3.51. The fourth-order valence-electron chi connectivity index (χ4n) is 3.07. The van der Waals surface area contributed by atoms with Crippen LogP contribution in [-0.2, 0) is 6.61 Å². The molecule has 0 saturated heterocycles. The first-order valence-electron chi connectivity index (χ1n) is 9.13. The molecule has 10 heteroatoms. The van der Waals surface area contributed by atoms with Crippen LogP contribution in [0.25, 0.3) is 21.7 Å². The number of nitriles is 1. The van der Waals surface area contributed by atoms with Gasteiger partial charge in [-0.1, -0.05) is 6.07 Å². The van der Waals surface area contributed by atoms with Gasteiger partial charge in [-0.15, -0.1) is 11.3 Å². The lowest BCUT2D eigenvalue weighted by molar-refractivity contribution is -0.385. The maximum atomic E-state index is 11.4.